The van der Waals surface area contributed by atoms with E-state index in [4.69, 9.17) is 4.52 Å². The molecule has 27 heavy (non-hydrogen) atoms. The number of carbonyl (C=O) groups excluding carboxylic acids is 1. The third-order valence-electron chi connectivity index (χ3n) is 4.29. The van der Waals surface area contributed by atoms with Gasteiger partial charge in [-0.1, -0.05) is 18.1 Å². The van der Waals surface area contributed by atoms with Crippen LogP contribution in [0.1, 0.15) is 25.7 Å². The number of aryl methyl sites for hydroxylation is 2. The first kappa shape index (κ1) is 17.5. The fraction of sp³-hybridized carbons (Fsp3) is 0.250. The van der Waals surface area contributed by atoms with Crippen molar-refractivity contribution in [3.05, 3.63) is 53.9 Å². The molecule has 0 bridgehead atoms. The minimum absolute atomic E-state index is 0.0711. The Labute approximate surface area is 160 Å². The summed E-state index contributed by atoms with van der Waals surface area (Å²) in [6, 6.07) is 11.9. The van der Waals surface area contributed by atoms with E-state index in [0.717, 1.165) is 28.9 Å². The largest absolute Gasteiger partial charge is 0.347 e. The van der Waals surface area contributed by atoms with Crippen LogP contribution in [0.4, 0.5) is 5.69 Å². The minimum atomic E-state index is -0.0711. The first-order valence-corrected chi connectivity index (χ1v) is 9.86. The van der Waals surface area contributed by atoms with Gasteiger partial charge in [0, 0.05) is 42.2 Å². The summed E-state index contributed by atoms with van der Waals surface area (Å²) in [5.74, 6) is 0.973. The normalized spacial score (nSPS) is 11.1. The maximum absolute atomic E-state index is 12.3. The zero-order valence-electron chi connectivity index (χ0n) is 15.0. The first-order valence-electron chi connectivity index (χ1n) is 8.98. The number of carbonyl (C=O) groups is 1. The molecule has 4 rings (SSSR count). The van der Waals surface area contributed by atoms with Gasteiger partial charge in [0.15, 0.2) is 0 Å². The molecule has 0 unspecified atom stereocenters. The second-order valence-corrected chi connectivity index (χ2v) is 7.27. The van der Waals surface area contributed by atoms with E-state index in [9.17, 15) is 4.79 Å². The fourth-order valence-corrected chi connectivity index (χ4v) is 3.67. The van der Waals surface area contributed by atoms with Gasteiger partial charge in [-0.3, -0.25) is 4.79 Å². The van der Waals surface area contributed by atoms with Crippen LogP contribution in [-0.2, 0) is 17.8 Å². The van der Waals surface area contributed by atoms with Crippen LogP contribution in [0, 0.1) is 0 Å². The highest BCUT2D eigenvalue weighted by atomic mass is 32.1. The van der Waals surface area contributed by atoms with Crippen LogP contribution in [0.2, 0.25) is 0 Å². The summed E-state index contributed by atoms with van der Waals surface area (Å²) in [5, 5.41) is 9.99. The summed E-state index contributed by atoms with van der Waals surface area (Å²) in [4.78, 5) is 17.6. The summed E-state index contributed by atoms with van der Waals surface area (Å²) < 4.78 is 7.46. The lowest BCUT2D eigenvalue weighted by Gasteiger charge is -2.06. The van der Waals surface area contributed by atoms with Gasteiger partial charge in [-0.2, -0.15) is 4.98 Å². The highest BCUT2D eigenvalue weighted by Gasteiger charge is 2.12. The van der Waals surface area contributed by atoms with Gasteiger partial charge in [0.1, 0.15) is 0 Å². The number of fused-ring (bicyclic) bond motifs is 1. The number of amides is 1. The van der Waals surface area contributed by atoms with E-state index >= 15 is 0 Å². The van der Waals surface area contributed by atoms with Crippen molar-refractivity contribution in [3.8, 4) is 10.7 Å². The van der Waals surface area contributed by atoms with Gasteiger partial charge >= 0.3 is 0 Å². The summed E-state index contributed by atoms with van der Waals surface area (Å²) in [6.07, 6.45) is 3.88. The minimum Gasteiger partial charge on any atom is -0.347 e. The Hall–Kier alpha value is -2.93. The molecule has 1 aromatic carbocycles. The smallest absolute Gasteiger partial charge is 0.227 e. The number of anilines is 1. The molecule has 1 amide bonds. The predicted octanol–water partition coefficient (Wildman–Crippen LogP) is 4.73. The van der Waals surface area contributed by atoms with E-state index < -0.39 is 0 Å². The van der Waals surface area contributed by atoms with E-state index in [0.29, 0.717) is 24.6 Å². The number of nitrogens with zero attached hydrogens (tertiary/aromatic N) is 3. The van der Waals surface area contributed by atoms with Crippen molar-refractivity contribution in [2.24, 2.45) is 0 Å². The highest BCUT2D eigenvalue weighted by molar-refractivity contribution is 7.13. The van der Waals surface area contributed by atoms with Crippen LogP contribution < -0.4 is 5.32 Å². The second-order valence-electron chi connectivity index (χ2n) is 6.32. The third-order valence-corrected chi connectivity index (χ3v) is 5.16. The topological polar surface area (TPSA) is 73.0 Å². The second kappa shape index (κ2) is 7.75. The Balaban J connectivity index is 1.36. The summed E-state index contributed by atoms with van der Waals surface area (Å²) >= 11 is 1.56. The van der Waals surface area contributed by atoms with E-state index in [1.807, 2.05) is 35.7 Å². The molecule has 0 aliphatic heterocycles. The third kappa shape index (κ3) is 3.93. The zero-order chi connectivity index (χ0) is 18.6. The van der Waals surface area contributed by atoms with Crippen molar-refractivity contribution in [2.75, 3.05) is 5.32 Å². The van der Waals surface area contributed by atoms with Crippen molar-refractivity contribution in [1.82, 2.24) is 14.7 Å². The maximum Gasteiger partial charge on any atom is 0.227 e. The quantitative estimate of drug-likeness (QED) is 0.503. The number of hydrogen-bond acceptors (Lipinski definition) is 5. The van der Waals surface area contributed by atoms with Gasteiger partial charge in [0.2, 0.25) is 17.6 Å². The monoisotopic (exact) mass is 380 g/mol. The molecule has 3 heterocycles. The molecular weight excluding hydrogens is 360 g/mol. The molecule has 0 spiro atoms. The first-order chi connectivity index (χ1) is 13.2. The molecule has 4 aromatic rings. The maximum atomic E-state index is 12.3. The lowest BCUT2D eigenvalue weighted by Crippen LogP contribution is -2.12. The van der Waals surface area contributed by atoms with Crippen LogP contribution in [-0.4, -0.2) is 20.6 Å². The Bertz CT molecular complexity index is 1050. The van der Waals surface area contributed by atoms with Crippen LogP contribution in [0.25, 0.3) is 21.6 Å². The summed E-state index contributed by atoms with van der Waals surface area (Å²) in [6.45, 7) is 3.15. The van der Waals surface area contributed by atoms with E-state index in [1.54, 1.807) is 11.3 Å². The molecule has 0 aliphatic carbocycles. The van der Waals surface area contributed by atoms with Crippen LogP contribution in [0.5, 0.6) is 0 Å². The van der Waals surface area contributed by atoms with Gasteiger partial charge < -0.3 is 14.4 Å². The summed E-state index contributed by atoms with van der Waals surface area (Å²) in [7, 11) is 0. The number of benzene rings is 1. The van der Waals surface area contributed by atoms with Crippen molar-refractivity contribution in [3.63, 3.8) is 0 Å². The van der Waals surface area contributed by atoms with Gasteiger partial charge in [0.05, 0.1) is 4.88 Å². The number of thiophene rings is 1. The average Bonchev–Trinajstić information content (AvgIpc) is 3.41. The SMILES string of the molecule is CCCn1ccc2cc(NC(=O)CCc3nc(-c4cccs4)no3)ccc21. The molecule has 138 valence electrons. The molecule has 7 heteroatoms. The zero-order valence-corrected chi connectivity index (χ0v) is 15.8. The van der Waals surface area contributed by atoms with Gasteiger partial charge in [-0.15, -0.1) is 11.3 Å². The Morgan fingerprint density at radius 1 is 1.30 bits per heavy atom. The molecule has 0 aliphatic rings. The van der Waals surface area contributed by atoms with E-state index in [2.05, 4.69) is 39.2 Å². The van der Waals surface area contributed by atoms with Crippen LogP contribution >= 0.6 is 11.3 Å². The molecule has 0 radical (unpaired) electrons. The number of rotatable bonds is 7. The predicted molar refractivity (Wildman–Crippen MR) is 107 cm³/mol. The molecular formula is C20H20N4O2S. The van der Waals surface area contributed by atoms with E-state index in [1.165, 1.54) is 5.52 Å². The fourth-order valence-electron chi connectivity index (χ4n) is 3.02. The lowest BCUT2D eigenvalue weighted by molar-refractivity contribution is -0.116. The van der Waals surface area contributed by atoms with Gasteiger partial charge in [-0.05, 0) is 42.1 Å². The Morgan fingerprint density at radius 3 is 3.04 bits per heavy atom. The van der Waals surface area contributed by atoms with Crippen molar-refractivity contribution in [2.45, 2.75) is 32.7 Å². The number of hydrogen-bond donors (Lipinski definition) is 1. The average molecular weight is 380 g/mol. The Kier molecular flexibility index (Phi) is 5.02. The lowest BCUT2D eigenvalue weighted by atomic mass is 10.2. The van der Waals surface area contributed by atoms with Gasteiger partial charge in [-0.25, -0.2) is 0 Å². The van der Waals surface area contributed by atoms with Crippen LogP contribution in [0.3, 0.4) is 0 Å². The van der Waals surface area contributed by atoms with E-state index in [-0.39, 0.29) is 5.91 Å². The molecule has 0 saturated carbocycles. The van der Waals surface area contributed by atoms with Gasteiger partial charge in [0.25, 0.3) is 0 Å². The summed E-state index contributed by atoms with van der Waals surface area (Å²) in [5.41, 5.74) is 1.98. The Morgan fingerprint density at radius 2 is 2.22 bits per heavy atom. The molecule has 0 fully saturated rings. The van der Waals surface area contributed by atoms with Crippen molar-refractivity contribution < 1.29 is 9.32 Å². The highest BCUT2D eigenvalue weighted by Crippen LogP contribution is 2.22. The standard InChI is InChI=1S/C20H20N4O2S/c1-2-10-24-11-9-14-13-15(5-6-16(14)24)21-18(25)7-8-19-22-20(23-26-19)17-4-3-12-27-17/h3-6,9,11-13H,2,7-8,10H2,1H3,(H,21,25). The van der Waals surface area contributed by atoms with Crippen molar-refractivity contribution in [1.29, 1.82) is 0 Å². The molecule has 1 N–H and O–H groups in total. The molecule has 0 saturated heterocycles. The molecule has 6 nitrogen and oxygen atoms in total. The number of aromatic nitrogens is 3. The number of nitrogens with one attached hydrogen (secondary N) is 1. The van der Waals surface area contributed by atoms with Crippen molar-refractivity contribution >= 4 is 33.8 Å². The molecule has 0 atom stereocenters. The molecule has 3 aromatic heterocycles. The van der Waals surface area contributed by atoms with Crippen LogP contribution in [0.15, 0.2) is 52.5 Å².